The zero-order valence-corrected chi connectivity index (χ0v) is 10.1. The van der Waals surface area contributed by atoms with Gasteiger partial charge in [-0.05, 0) is 5.92 Å². The third-order valence-corrected chi connectivity index (χ3v) is 3.07. The van der Waals surface area contributed by atoms with E-state index in [9.17, 15) is 0 Å². The van der Waals surface area contributed by atoms with E-state index < -0.39 is 0 Å². The van der Waals surface area contributed by atoms with Crippen LogP contribution < -0.4 is 0 Å². The predicted octanol–water partition coefficient (Wildman–Crippen LogP) is 2.63. The molecule has 2 rings (SSSR count). The van der Waals surface area contributed by atoms with Crippen molar-refractivity contribution in [2.24, 2.45) is 5.92 Å². The summed E-state index contributed by atoms with van der Waals surface area (Å²) in [7, 11) is 0. The second kappa shape index (κ2) is 4.64. The topological polar surface area (TPSA) is 29.0 Å². The lowest BCUT2D eigenvalue weighted by Crippen LogP contribution is -2.45. The Hall–Kier alpha value is -0.380. The summed E-state index contributed by atoms with van der Waals surface area (Å²) in [5, 5.41) is 0.829. The molecule has 15 heavy (non-hydrogen) atoms. The van der Waals surface area contributed by atoms with Crippen molar-refractivity contribution in [1.82, 2.24) is 14.9 Å². The van der Waals surface area contributed by atoms with Crippen LogP contribution in [0.15, 0.2) is 6.07 Å². The highest BCUT2D eigenvalue weighted by molar-refractivity contribution is 6.33. The quantitative estimate of drug-likeness (QED) is 0.767. The predicted molar refractivity (Wildman–Crippen MR) is 61.1 cm³/mol. The van der Waals surface area contributed by atoms with Crippen molar-refractivity contribution in [2.75, 3.05) is 13.1 Å². The van der Waals surface area contributed by atoms with E-state index in [0.29, 0.717) is 16.1 Å². The van der Waals surface area contributed by atoms with Gasteiger partial charge in [0.1, 0.15) is 16.1 Å². The Morgan fingerprint density at radius 3 is 2.47 bits per heavy atom. The molecule has 0 aromatic carbocycles. The van der Waals surface area contributed by atoms with Gasteiger partial charge in [0, 0.05) is 19.2 Å². The molecule has 2 heterocycles. The van der Waals surface area contributed by atoms with Gasteiger partial charge in [-0.25, -0.2) is 9.97 Å². The number of hydrogen-bond donors (Lipinski definition) is 0. The summed E-state index contributed by atoms with van der Waals surface area (Å²) in [5.41, 5.74) is 0. The summed E-state index contributed by atoms with van der Waals surface area (Å²) < 4.78 is 0. The van der Waals surface area contributed by atoms with Gasteiger partial charge in [0.15, 0.2) is 0 Å². The first-order valence-electron chi connectivity index (χ1n) is 5.08. The summed E-state index contributed by atoms with van der Waals surface area (Å²) in [6.45, 7) is 5.22. The van der Waals surface area contributed by atoms with Gasteiger partial charge in [-0.3, -0.25) is 4.90 Å². The molecule has 3 nitrogen and oxygen atoms in total. The van der Waals surface area contributed by atoms with Crippen LogP contribution in [0.1, 0.15) is 19.2 Å². The van der Waals surface area contributed by atoms with Crippen molar-refractivity contribution in [1.29, 1.82) is 0 Å². The fourth-order valence-electron chi connectivity index (χ4n) is 1.77. The van der Waals surface area contributed by atoms with Gasteiger partial charge in [0.25, 0.3) is 0 Å². The molecule has 0 N–H and O–H groups in total. The van der Waals surface area contributed by atoms with Crippen LogP contribution in [0.3, 0.4) is 0 Å². The van der Waals surface area contributed by atoms with E-state index in [1.165, 1.54) is 6.42 Å². The lowest BCUT2D eigenvalue weighted by Gasteiger charge is -2.38. The number of halogens is 2. The van der Waals surface area contributed by atoms with E-state index >= 15 is 0 Å². The van der Waals surface area contributed by atoms with E-state index in [-0.39, 0.29) is 0 Å². The maximum atomic E-state index is 5.80. The number of aromatic nitrogens is 2. The zero-order chi connectivity index (χ0) is 10.8. The van der Waals surface area contributed by atoms with Gasteiger partial charge in [0.2, 0.25) is 0 Å². The molecular formula is C10H13Cl2N3. The van der Waals surface area contributed by atoms with E-state index in [0.717, 1.165) is 25.6 Å². The maximum absolute atomic E-state index is 5.80. The summed E-state index contributed by atoms with van der Waals surface area (Å²) in [6, 6.07) is 1.55. The fourth-order valence-corrected chi connectivity index (χ4v) is 2.23. The monoisotopic (exact) mass is 245 g/mol. The van der Waals surface area contributed by atoms with Crippen LogP contribution in [-0.2, 0) is 6.54 Å². The molecule has 5 heteroatoms. The van der Waals surface area contributed by atoms with Crippen molar-refractivity contribution >= 4 is 23.2 Å². The molecule has 0 radical (unpaired) electrons. The Balaban J connectivity index is 1.94. The number of likely N-dealkylation sites (tertiary alicyclic amines) is 1. The minimum Gasteiger partial charge on any atom is -0.295 e. The molecule has 1 saturated heterocycles. The SMILES string of the molecule is CCC1CN(Cc2nc(Cl)cc(Cl)n2)C1. The van der Waals surface area contributed by atoms with Crippen LogP contribution in [0.5, 0.6) is 0 Å². The van der Waals surface area contributed by atoms with Gasteiger partial charge in [-0.1, -0.05) is 36.5 Å². The smallest absolute Gasteiger partial charge is 0.145 e. The molecule has 1 fully saturated rings. The van der Waals surface area contributed by atoms with Crippen LogP contribution in [0.2, 0.25) is 10.3 Å². The Kier molecular flexibility index (Phi) is 3.44. The molecule has 1 aliphatic heterocycles. The van der Waals surface area contributed by atoms with Gasteiger partial charge in [0.05, 0.1) is 6.54 Å². The summed E-state index contributed by atoms with van der Waals surface area (Å²) in [4.78, 5) is 10.6. The lowest BCUT2D eigenvalue weighted by atomic mass is 9.97. The van der Waals surface area contributed by atoms with Crippen LogP contribution in [0.4, 0.5) is 0 Å². The van der Waals surface area contributed by atoms with Crippen LogP contribution in [0.25, 0.3) is 0 Å². The van der Waals surface area contributed by atoms with Crippen LogP contribution >= 0.6 is 23.2 Å². The Labute approximate surface area is 99.4 Å². The molecule has 82 valence electrons. The molecule has 0 atom stereocenters. The highest BCUT2D eigenvalue weighted by Gasteiger charge is 2.25. The third-order valence-electron chi connectivity index (χ3n) is 2.69. The first kappa shape index (κ1) is 11.1. The largest absolute Gasteiger partial charge is 0.295 e. The summed E-state index contributed by atoms with van der Waals surface area (Å²) in [5.74, 6) is 1.54. The maximum Gasteiger partial charge on any atom is 0.145 e. The third kappa shape index (κ3) is 2.80. The molecular weight excluding hydrogens is 233 g/mol. The fraction of sp³-hybridized carbons (Fsp3) is 0.600. The van der Waals surface area contributed by atoms with Gasteiger partial charge in [-0.15, -0.1) is 0 Å². The molecule has 0 unspecified atom stereocenters. The minimum atomic E-state index is 0.414. The average molecular weight is 246 g/mol. The molecule has 0 aliphatic carbocycles. The van der Waals surface area contributed by atoms with Gasteiger partial charge < -0.3 is 0 Å². The molecule has 0 amide bonds. The second-order valence-corrected chi connectivity index (χ2v) is 4.67. The Morgan fingerprint density at radius 2 is 1.93 bits per heavy atom. The Morgan fingerprint density at radius 1 is 1.33 bits per heavy atom. The van der Waals surface area contributed by atoms with E-state index in [4.69, 9.17) is 23.2 Å². The molecule has 1 aliphatic rings. The Bertz CT molecular complexity index is 330. The molecule has 0 saturated carbocycles. The van der Waals surface area contributed by atoms with Crippen molar-refractivity contribution < 1.29 is 0 Å². The van der Waals surface area contributed by atoms with Gasteiger partial charge in [-0.2, -0.15) is 0 Å². The van der Waals surface area contributed by atoms with Crippen molar-refractivity contribution in [3.8, 4) is 0 Å². The standard InChI is InChI=1S/C10H13Cl2N3/c1-2-7-4-15(5-7)6-10-13-8(11)3-9(12)14-10/h3,7H,2,4-6H2,1H3. The molecule has 1 aromatic heterocycles. The molecule has 1 aromatic rings. The minimum absolute atomic E-state index is 0.414. The van der Waals surface area contributed by atoms with Crippen molar-refractivity contribution in [2.45, 2.75) is 19.9 Å². The highest BCUT2D eigenvalue weighted by Crippen LogP contribution is 2.21. The highest BCUT2D eigenvalue weighted by atomic mass is 35.5. The molecule has 0 bridgehead atoms. The number of rotatable bonds is 3. The normalized spacial score (nSPS) is 17.8. The van der Waals surface area contributed by atoms with E-state index in [1.807, 2.05) is 0 Å². The molecule has 0 spiro atoms. The first-order valence-corrected chi connectivity index (χ1v) is 5.84. The summed E-state index contributed by atoms with van der Waals surface area (Å²) in [6.07, 6.45) is 1.24. The van der Waals surface area contributed by atoms with E-state index in [1.54, 1.807) is 6.07 Å². The van der Waals surface area contributed by atoms with Crippen LogP contribution in [0, 0.1) is 5.92 Å². The van der Waals surface area contributed by atoms with Crippen LogP contribution in [-0.4, -0.2) is 28.0 Å². The lowest BCUT2D eigenvalue weighted by molar-refractivity contribution is 0.0870. The second-order valence-electron chi connectivity index (χ2n) is 3.90. The summed E-state index contributed by atoms with van der Waals surface area (Å²) >= 11 is 11.6. The number of nitrogens with zero attached hydrogens (tertiary/aromatic N) is 3. The number of hydrogen-bond acceptors (Lipinski definition) is 3. The van der Waals surface area contributed by atoms with Crippen molar-refractivity contribution in [3.63, 3.8) is 0 Å². The zero-order valence-electron chi connectivity index (χ0n) is 8.58. The van der Waals surface area contributed by atoms with Crippen molar-refractivity contribution in [3.05, 3.63) is 22.2 Å². The van der Waals surface area contributed by atoms with E-state index in [2.05, 4.69) is 21.8 Å². The first-order chi connectivity index (χ1) is 7.17. The van der Waals surface area contributed by atoms with Gasteiger partial charge >= 0.3 is 0 Å². The average Bonchev–Trinajstić information content (AvgIpc) is 2.08.